The van der Waals surface area contributed by atoms with Crippen molar-refractivity contribution in [3.05, 3.63) is 11.1 Å². The van der Waals surface area contributed by atoms with Crippen LogP contribution in [0.5, 0.6) is 0 Å². The van der Waals surface area contributed by atoms with Crippen LogP contribution in [0.2, 0.25) is 0 Å². The largest absolute Gasteiger partial charge is 0.390 e. The first-order chi connectivity index (χ1) is 13.6. The molecule has 7 atom stereocenters. The molecule has 0 aliphatic heterocycles. The summed E-state index contributed by atoms with van der Waals surface area (Å²) in [5, 5.41) is 10.7. The molecule has 0 bridgehead atoms. The minimum atomic E-state index is -0.421. The SMILES string of the molecule is CC(C)CCC[C@@H](C)[C@H]1CC[C@H]2C3=C(CC[C@]12C)[C@@]1(C)CC[C@](C)(O)CC1CC3. The highest BCUT2D eigenvalue weighted by Gasteiger charge is 2.56. The van der Waals surface area contributed by atoms with Crippen LogP contribution in [0.1, 0.15) is 119 Å². The van der Waals surface area contributed by atoms with Crippen molar-refractivity contribution in [2.45, 2.75) is 124 Å². The van der Waals surface area contributed by atoms with E-state index in [-0.39, 0.29) is 0 Å². The van der Waals surface area contributed by atoms with E-state index < -0.39 is 5.60 Å². The predicted octanol–water partition coefficient (Wildman–Crippen LogP) is 7.92. The van der Waals surface area contributed by atoms with Crippen LogP contribution in [0.25, 0.3) is 0 Å². The fraction of sp³-hybridized carbons (Fsp3) is 0.929. The number of hydrogen-bond acceptors (Lipinski definition) is 1. The molecule has 1 nitrogen and oxygen atoms in total. The van der Waals surface area contributed by atoms with Gasteiger partial charge in [-0.25, -0.2) is 0 Å². The van der Waals surface area contributed by atoms with Gasteiger partial charge in [0, 0.05) is 0 Å². The maximum absolute atomic E-state index is 10.7. The molecule has 2 saturated carbocycles. The van der Waals surface area contributed by atoms with Crippen LogP contribution in [0.15, 0.2) is 11.1 Å². The Labute approximate surface area is 181 Å². The third kappa shape index (κ3) is 3.77. The van der Waals surface area contributed by atoms with E-state index in [1.54, 1.807) is 0 Å². The van der Waals surface area contributed by atoms with Crippen LogP contribution in [0.4, 0.5) is 0 Å². The lowest BCUT2D eigenvalue weighted by atomic mass is 9.49. The topological polar surface area (TPSA) is 20.2 Å². The fourth-order valence-corrected chi connectivity index (χ4v) is 8.66. The van der Waals surface area contributed by atoms with Crippen LogP contribution in [-0.4, -0.2) is 10.7 Å². The summed E-state index contributed by atoms with van der Waals surface area (Å²) in [6, 6.07) is 0. The summed E-state index contributed by atoms with van der Waals surface area (Å²) in [5.41, 5.74) is 4.31. The second-order valence-electron chi connectivity index (χ2n) is 12.9. The van der Waals surface area contributed by atoms with E-state index in [0.29, 0.717) is 16.7 Å². The van der Waals surface area contributed by atoms with Crippen LogP contribution >= 0.6 is 0 Å². The number of fused-ring (bicyclic) bond motifs is 4. The average Bonchev–Trinajstić information content (AvgIpc) is 2.99. The Morgan fingerprint density at radius 3 is 2.41 bits per heavy atom. The van der Waals surface area contributed by atoms with Gasteiger partial charge < -0.3 is 5.11 Å². The van der Waals surface area contributed by atoms with Gasteiger partial charge in [0.15, 0.2) is 0 Å². The average molecular weight is 401 g/mol. The Hall–Kier alpha value is -0.300. The van der Waals surface area contributed by atoms with E-state index in [0.717, 1.165) is 36.5 Å². The van der Waals surface area contributed by atoms with Crippen molar-refractivity contribution in [1.82, 2.24) is 0 Å². The van der Waals surface area contributed by atoms with Gasteiger partial charge >= 0.3 is 0 Å². The van der Waals surface area contributed by atoms with Gasteiger partial charge in [-0.05, 0) is 105 Å². The highest BCUT2D eigenvalue weighted by molar-refractivity contribution is 5.34. The molecule has 29 heavy (non-hydrogen) atoms. The Morgan fingerprint density at radius 1 is 0.931 bits per heavy atom. The first kappa shape index (κ1) is 21.9. The highest BCUT2D eigenvalue weighted by atomic mass is 16.3. The number of allylic oxidation sites excluding steroid dienone is 2. The lowest BCUT2D eigenvalue weighted by molar-refractivity contribution is -0.0505. The Balaban J connectivity index is 1.53. The van der Waals surface area contributed by atoms with Gasteiger partial charge in [0.05, 0.1) is 5.60 Å². The maximum atomic E-state index is 10.7. The van der Waals surface area contributed by atoms with Crippen molar-refractivity contribution < 1.29 is 5.11 Å². The molecule has 0 saturated heterocycles. The molecule has 0 aromatic heterocycles. The van der Waals surface area contributed by atoms with E-state index in [9.17, 15) is 5.11 Å². The van der Waals surface area contributed by atoms with Gasteiger partial charge in [-0.15, -0.1) is 0 Å². The molecule has 4 aliphatic rings. The Morgan fingerprint density at radius 2 is 1.69 bits per heavy atom. The van der Waals surface area contributed by atoms with Crippen molar-refractivity contribution in [2.24, 2.45) is 40.4 Å². The third-order valence-electron chi connectivity index (χ3n) is 10.5. The number of hydrogen-bond donors (Lipinski definition) is 1. The van der Waals surface area contributed by atoms with Crippen molar-refractivity contribution in [3.8, 4) is 0 Å². The maximum Gasteiger partial charge on any atom is 0.0623 e. The third-order valence-corrected chi connectivity index (χ3v) is 10.5. The molecule has 166 valence electrons. The van der Waals surface area contributed by atoms with Gasteiger partial charge in [-0.1, -0.05) is 65.0 Å². The zero-order valence-corrected chi connectivity index (χ0v) is 20.3. The first-order valence-corrected chi connectivity index (χ1v) is 13.0. The van der Waals surface area contributed by atoms with Gasteiger partial charge in [0.1, 0.15) is 0 Å². The lowest BCUT2D eigenvalue weighted by Crippen LogP contribution is -2.48. The van der Waals surface area contributed by atoms with Gasteiger partial charge in [-0.3, -0.25) is 0 Å². The molecule has 0 radical (unpaired) electrons. The molecule has 0 aromatic carbocycles. The van der Waals surface area contributed by atoms with Crippen molar-refractivity contribution in [1.29, 1.82) is 0 Å². The molecule has 0 spiro atoms. The molecular weight excluding hydrogens is 352 g/mol. The summed E-state index contributed by atoms with van der Waals surface area (Å²) in [6.07, 6.45) is 15.8. The quantitative estimate of drug-likeness (QED) is 0.465. The summed E-state index contributed by atoms with van der Waals surface area (Å²) in [6.45, 7) is 14.6. The summed E-state index contributed by atoms with van der Waals surface area (Å²) in [4.78, 5) is 0. The summed E-state index contributed by atoms with van der Waals surface area (Å²) in [5.74, 6) is 4.25. The minimum absolute atomic E-state index is 0.387. The lowest BCUT2D eigenvalue weighted by Gasteiger charge is -2.56. The molecule has 1 heteroatoms. The van der Waals surface area contributed by atoms with Crippen LogP contribution < -0.4 is 0 Å². The zero-order valence-electron chi connectivity index (χ0n) is 20.3. The second-order valence-corrected chi connectivity index (χ2v) is 12.9. The Kier molecular flexibility index (Phi) is 5.81. The molecule has 1 unspecified atom stereocenters. The molecule has 0 amide bonds. The smallest absolute Gasteiger partial charge is 0.0623 e. The summed E-state index contributed by atoms with van der Waals surface area (Å²) in [7, 11) is 0. The Bertz CT molecular complexity index is 643. The minimum Gasteiger partial charge on any atom is -0.390 e. The van der Waals surface area contributed by atoms with E-state index in [2.05, 4.69) is 41.5 Å². The van der Waals surface area contributed by atoms with Gasteiger partial charge in [0.25, 0.3) is 0 Å². The van der Waals surface area contributed by atoms with E-state index in [1.807, 2.05) is 11.1 Å². The van der Waals surface area contributed by atoms with Crippen molar-refractivity contribution in [2.75, 3.05) is 0 Å². The van der Waals surface area contributed by atoms with Crippen molar-refractivity contribution in [3.63, 3.8) is 0 Å². The molecule has 1 N–H and O–H groups in total. The van der Waals surface area contributed by atoms with E-state index >= 15 is 0 Å². The molecule has 4 rings (SSSR count). The number of rotatable bonds is 5. The number of aliphatic hydroxyl groups is 1. The van der Waals surface area contributed by atoms with Crippen molar-refractivity contribution >= 4 is 0 Å². The summed E-state index contributed by atoms with van der Waals surface area (Å²) >= 11 is 0. The van der Waals surface area contributed by atoms with E-state index in [1.165, 1.54) is 64.2 Å². The molecular formula is C28H48O. The van der Waals surface area contributed by atoms with E-state index in [4.69, 9.17) is 0 Å². The van der Waals surface area contributed by atoms with Crippen LogP contribution in [-0.2, 0) is 0 Å². The van der Waals surface area contributed by atoms with Crippen LogP contribution in [0.3, 0.4) is 0 Å². The normalized spacial score (nSPS) is 45.7. The van der Waals surface area contributed by atoms with Gasteiger partial charge in [0.2, 0.25) is 0 Å². The zero-order chi connectivity index (χ0) is 21.0. The van der Waals surface area contributed by atoms with Gasteiger partial charge in [-0.2, -0.15) is 0 Å². The molecule has 0 aromatic rings. The highest BCUT2D eigenvalue weighted by Crippen LogP contribution is 2.66. The summed E-state index contributed by atoms with van der Waals surface area (Å²) < 4.78 is 0. The molecule has 0 heterocycles. The second kappa shape index (κ2) is 7.68. The monoisotopic (exact) mass is 400 g/mol. The van der Waals surface area contributed by atoms with Crippen LogP contribution in [0, 0.1) is 40.4 Å². The first-order valence-electron chi connectivity index (χ1n) is 13.0. The molecule has 2 fully saturated rings. The fourth-order valence-electron chi connectivity index (χ4n) is 8.66. The predicted molar refractivity (Wildman–Crippen MR) is 124 cm³/mol. The standard InChI is InChI=1S/C28H48O/c1-19(2)8-7-9-20(3)23-12-13-24-22-11-10-21-18-26(4,29)16-17-27(21,5)25(22)14-15-28(23,24)6/h19-21,23-24,29H,7-18H2,1-6H3/t20-,21?,23-,24+,26+,27+,28-/m1/s1. The molecule has 4 aliphatic carbocycles.